The van der Waals surface area contributed by atoms with E-state index in [9.17, 15) is 4.79 Å². The molecule has 0 aliphatic rings. The number of benzene rings is 1. The topological polar surface area (TPSA) is 46.5 Å². The molecule has 1 aromatic rings. The molecule has 0 aliphatic carbocycles. The van der Waals surface area contributed by atoms with Crippen molar-refractivity contribution in [2.75, 3.05) is 7.11 Å². The Morgan fingerprint density at radius 3 is 2.67 bits per heavy atom. The van der Waals surface area contributed by atoms with Gasteiger partial charge in [0.15, 0.2) is 0 Å². The van der Waals surface area contributed by atoms with Crippen molar-refractivity contribution in [3.05, 3.63) is 27.7 Å². The zero-order chi connectivity index (χ0) is 11.4. The molecule has 0 heterocycles. The summed E-state index contributed by atoms with van der Waals surface area (Å²) in [7, 11) is 1.52. The number of halogens is 1. The van der Waals surface area contributed by atoms with Crippen LogP contribution >= 0.6 is 15.9 Å². The molecular weight excluding hydrogens is 260 g/mol. The molecule has 0 spiro atoms. The van der Waals surface area contributed by atoms with Crippen molar-refractivity contribution in [2.24, 2.45) is 0 Å². The van der Waals surface area contributed by atoms with Crippen LogP contribution in [0.5, 0.6) is 5.75 Å². The maximum absolute atomic E-state index is 11.0. The Balaban J connectivity index is 3.28. The van der Waals surface area contributed by atoms with Gasteiger partial charge in [0.1, 0.15) is 5.75 Å². The minimum absolute atomic E-state index is 0.308. The molecule has 4 heteroatoms. The van der Waals surface area contributed by atoms with Crippen LogP contribution in [0.4, 0.5) is 0 Å². The Kier molecular flexibility index (Phi) is 4.15. The number of carboxylic acids is 1. The van der Waals surface area contributed by atoms with Crippen molar-refractivity contribution in [3.63, 3.8) is 0 Å². The lowest BCUT2D eigenvalue weighted by molar-refractivity contribution is 0.0695. The minimum Gasteiger partial charge on any atom is -0.497 e. The van der Waals surface area contributed by atoms with Gasteiger partial charge in [-0.1, -0.05) is 29.3 Å². The molecule has 82 valence electrons. The molecule has 0 aromatic heterocycles. The summed E-state index contributed by atoms with van der Waals surface area (Å²) in [6.45, 7) is 2.02. The van der Waals surface area contributed by atoms with Gasteiger partial charge in [0.2, 0.25) is 0 Å². The van der Waals surface area contributed by atoms with Crippen molar-refractivity contribution in [1.29, 1.82) is 0 Å². The van der Waals surface area contributed by atoms with Crippen molar-refractivity contribution < 1.29 is 14.6 Å². The van der Waals surface area contributed by atoms with Gasteiger partial charge in [-0.3, -0.25) is 0 Å². The molecule has 0 aliphatic heterocycles. The van der Waals surface area contributed by atoms with Crippen LogP contribution in [0.15, 0.2) is 16.6 Å². The highest BCUT2D eigenvalue weighted by atomic mass is 79.9. The van der Waals surface area contributed by atoms with E-state index in [0.29, 0.717) is 11.3 Å². The van der Waals surface area contributed by atoms with E-state index < -0.39 is 5.97 Å². The first-order valence-corrected chi connectivity index (χ1v) is 5.49. The van der Waals surface area contributed by atoms with Crippen LogP contribution in [0.2, 0.25) is 0 Å². The molecule has 0 radical (unpaired) electrons. The average Bonchev–Trinajstić information content (AvgIpc) is 2.20. The Bertz CT molecular complexity index is 374. The molecular formula is C11H13BrO3. The van der Waals surface area contributed by atoms with E-state index in [-0.39, 0.29) is 0 Å². The molecule has 3 nitrogen and oxygen atoms in total. The maximum Gasteiger partial charge on any atom is 0.336 e. The van der Waals surface area contributed by atoms with Crippen LogP contribution in [0.3, 0.4) is 0 Å². The Morgan fingerprint density at radius 2 is 2.20 bits per heavy atom. The first-order chi connectivity index (χ1) is 7.10. The molecule has 0 amide bonds. The summed E-state index contributed by atoms with van der Waals surface area (Å²) >= 11 is 3.36. The molecule has 0 atom stereocenters. The first-order valence-electron chi connectivity index (χ1n) is 4.69. The SMILES string of the molecule is CCCc1c(Br)cc(OC)cc1C(=O)O. The zero-order valence-corrected chi connectivity index (χ0v) is 10.3. The van der Waals surface area contributed by atoms with E-state index in [1.165, 1.54) is 7.11 Å². The van der Waals surface area contributed by atoms with Crippen molar-refractivity contribution >= 4 is 21.9 Å². The lowest BCUT2D eigenvalue weighted by Gasteiger charge is -2.10. The molecule has 1 aromatic carbocycles. The highest BCUT2D eigenvalue weighted by Crippen LogP contribution is 2.28. The molecule has 15 heavy (non-hydrogen) atoms. The van der Waals surface area contributed by atoms with Crippen molar-refractivity contribution in [1.82, 2.24) is 0 Å². The van der Waals surface area contributed by atoms with E-state index in [1.54, 1.807) is 12.1 Å². The fraction of sp³-hybridized carbons (Fsp3) is 0.364. The number of methoxy groups -OCH3 is 1. The average molecular weight is 273 g/mol. The number of ether oxygens (including phenoxy) is 1. The summed E-state index contributed by atoms with van der Waals surface area (Å²) in [4.78, 5) is 11.0. The smallest absolute Gasteiger partial charge is 0.336 e. The fourth-order valence-corrected chi connectivity index (χ4v) is 2.06. The Labute approximate surface area is 97.2 Å². The minimum atomic E-state index is -0.918. The third kappa shape index (κ3) is 2.72. The monoisotopic (exact) mass is 272 g/mol. The largest absolute Gasteiger partial charge is 0.497 e. The van der Waals surface area contributed by atoms with Gasteiger partial charge in [0.05, 0.1) is 12.7 Å². The molecule has 0 unspecified atom stereocenters. The Hall–Kier alpha value is -1.03. The predicted molar refractivity (Wildman–Crippen MR) is 61.6 cm³/mol. The predicted octanol–water partition coefficient (Wildman–Crippen LogP) is 3.11. The van der Waals surface area contributed by atoms with E-state index in [1.807, 2.05) is 6.92 Å². The highest BCUT2D eigenvalue weighted by Gasteiger charge is 2.14. The van der Waals surface area contributed by atoms with E-state index in [4.69, 9.17) is 9.84 Å². The van der Waals surface area contributed by atoms with Gasteiger partial charge in [-0.05, 0) is 24.1 Å². The third-order valence-electron chi connectivity index (χ3n) is 2.14. The lowest BCUT2D eigenvalue weighted by Crippen LogP contribution is -2.04. The van der Waals surface area contributed by atoms with Crippen molar-refractivity contribution in [3.8, 4) is 5.75 Å². The number of hydrogen-bond donors (Lipinski definition) is 1. The molecule has 0 bridgehead atoms. The van der Waals surface area contributed by atoms with Crippen LogP contribution in [0.25, 0.3) is 0 Å². The molecule has 1 rings (SSSR count). The standard InChI is InChI=1S/C11H13BrO3/c1-3-4-8-9(11(13)14)5-7(15-2)6-10(8)12/h5-6H,3-4H2,1-2H3,(H,13,14). The first kappa shape index (κ1) is 12.0. The fourth-order valence-electron chi connectivity index (χ4n) is 1.42. The summed E-state index contributed by atoms with van der Waals surface area (Å²) in [6.07, 6.45) is 1.65. The van der Waals surface area contributed by atoms with Gasteiger partial charge in [-0.15, -0.1) is 0 Å². The quantitative estimate of drug-likeness (QED) is 0.916. The zero-order valence-electron chi connectivity index (χ0n) is 8.71. The van der Waals surface area contributed by atoms with Crippen LogP contribution in [0, 0.1) is 0 Å². The Morgan fingerprint density at radius 1 is 1.53 bits per heavy atom. The van der Waals surface area contributed by atoms with Gasteiger partial charge < -0.3 is 9.84 Å². The second kappa shape index (κ2) is 5.16. The van der Waals surface area contributed by atoms with Crippen LogP contribution in [0.1, 0.15) is 29.3 Å². The number of aromatic carboxylic acids is 1. The second-order valence-corrected chi connectivity index (χ2v) is 4.04. The lowest BCUT2D eigenvalue weighted by atomic mass is 10.0. The highest BCUT2D eigenvalue weighted by molar-refractivity contribution is 9.10. The number of carboxylic acid groups (broad SMARTS) is 1. The second-order valence-electron chi connectivity index (χ2n) is 3.19. The number of hydrogen-bond acceptors (Lipinski definition) is 2. The van der Waals surface area contributed by atoms with E-state index >= 15 is 0 Å². The van der Waals surface area contributed by atoms with Crippen LogP contribution in [-0.4, -0.2) is 18.2 Å². The van der Waals surface area contributed by atoms with Gasteiger partial charge in [0, 0.05) is 4.47 Å². The summed E-state index contributed by atoms with van der Waals surface area (Å²) in [5.41, 5.74) is 1.13. The van der Waals surface area contributed by atoms with Crippen molar-refractivity contribution in [2.45, 2.75) is 19.8 Å². The number of rotatable bonds is 4. The van der Waals surface area contributed by atoms with Crippen LogP contribution < -0.4 is 4.74 Å². The molecule has 1 N–H and O–H groups in total. The maximum atomic E-state index is 11.0. The normalized spacial score (nSPS) is 10.1. The van der Waals surface area contributed by atoms with Gasteiger partial charge in [0.25, 0.3) is 0 Å². The molecule has 0 saturated heterocycles. The third-order valence-corrected chi connectivity index (χ3v) is 2.84. The summed E-state index contributed by atoms with van der Waals surface area (Å²) in [5.74, 6) is -0.364. The van der Waals surface area contributed by atoms with Gasteiger partial charge in [-0.25, -0.2) is 4.79 Å². The summed E-state index contributed by atoms with van der Waals surface area (Å²) in [6, 6.07) is 3.34. The van der Waals surface area contributed by atoms with E-state index in [2.05, 4.69) is 15.9 Å². The van der Waals surface area contributed by atoms with Gasteiger partial charge in [-0.2, -0.15) is 0 Å². The van der Waals surface area contributed by atoms with E-state index in [0.717, 1.165) is 22.9 Å². The van der Waals surface area contributed by atoms with Gasteiger partial charge >= 0.3 is 5.97 Å². The molecule has 0 fully saturated rings. The summed E-state index contributed by atoms with van der Waals surface area (Å²) in [5, 5.41) is 9.06. The molecule has 0 saturated carbocycles. The summed E-state index contributed by atoms with van der Waals surface area (Å²) < 4.78 is 5.82. The van der Waals surface area contributed by atoms with Crippen LogP contribution in [-0.2, 0) is 6.42 Å². The number of carbonyl (C=O) groups is 1.